The number of anilines is 1. The summed E-state index contributed by atoms with van der Waals surface area (Å²) in [4.78, 5) is 3.50. The molecule has 0 aliphatic heterocycles. The molecule has 0 aromatic carbocycles. The quantitative estimate of drug-likeness (QED) is 0.895. The summed E-state index contributed by atoms with van der Waals surface area (Å²) in [5.41, 5.74) is 0. The Morgan fingerprint density at radius 1 is 1.28 bits per heavy atom. The van der Waals surface area contributed by atoms with E-state index >= 15 is 0 Å². The number of rotatable bonds is 2. The number of nitrogens with zero attached hydrogens (tertiary/aromatic N) is 2. The van der Waals surface area contributed by atoms with Crippen LogP contribution < -0.4 is 5.32 Å². The van der Waals surface area contributed by atoms with Gasteiger partial charge in [0.25, 0.3) is 0 Å². The molecule has 2 rings (SSSR count). The highest BCUT2D eigenvalue weighted by molar-refractivity contribution is 7.09. The zero-order chi connectivity index (χ0) is 13.3. The molecule has 0 radical (unpaired) electrons. The summed E-state index contributed by atoms with van der Waals surface area (Å²) in [6.45, 7) is 4.33. The van der Waals surface area contributed by atoms with Crippen LogP contribution in [-0.2, 0) is 6.18 Å². The van der Waals surface area contributed by atoms with Crippen molar-refractivity contribution in [3.63, 3.8) is 0 Å². The molecule has 0 spiro atoms. The van der Waals surface area contributed by atoms with Crippen LogP contribution in [0.3, 0.4) is 0 Å². The van der Waals surface area contributed by atoms with Gasteiger partial charge in [0.05, 0.1) is 0 Å². The van der Waals surface area contributed by atoms with Crippen molar-refractivity contribution in [1.29, 1.82) is 0 Å². The molecular weight excluding hydrogens is 263 g/mol. The highest BCUT2D eigenvalue weighted by Crippen LogP contribution is 2.33. The standard InChI is InChI=1S/C11H16F3N3S/c1-6-3-4-8(7(2)5-6)15-10-16-9(17-18-10)11(12,13)14/h6-8H,3-5H2,1-2H3,(H,15,16,17). The molecule has 1 heterocycles. The minimum absolute atomic E-state index is 0.204. The van der Waals surface area contributed by atoms with Crippen LogP contribution in [0.4, 0.5) is 18.3 Å². The molecule has 0 amide bonds. The van der Waals surface area contributed by atoms with Crippen molar-refractivity contribution in [2.45, 2.75) is 45.3 Å². The van der Waals surface area contributed by atoms with Crippen molar-refractivity contribution in [2.75, 3.05) is 5.32 Å². The molecule has 1 fully saturated rings. The third kappa shape index (κ3) is 3.13. The first-order valence-electron chi connectivity index (χ1n) is 6.03. The lowest BCUT2D eigenvalue weighted by atomic mass is 9.80. The van der Waals surface area contributed by atoms with Gasteiger partial charge in [-0.3, -0.25) is 0 Å². The molecule has 102 valence electrons. The van der Waals surface area contributed by atoms with Crippen LogP contribution in [0.1, 0.15) is 38.9 Å². The summed E-state index contributed by atoms with van der Waals surface area (Å²) in [7, 11) is 0. The predicted molar refractivity (Wildman–Crippen MR) is 64.5 cm³/mol. The van der Waals surface area contributed by atoms with Crippen LogP contribution in [0.5, 0.6) is 0 Å². The maximum atomic E-state index is 12.4. The average molecular weight is 279 g/mol. The second-order valence-electron chi connectivity index (χ2n) is 5.07. The minimum atomic E-state index is -4.46. The first-order valence-corrected chi connectivity index (χ1v) is 6.81. The van der Waals surface area contributed by atoms with Gasteiger partial charge in [0.15, 0.2) is 0 Å². The predicted octanol–water partition coefficient (Wildman–Crippen LogP) is 3.79. The first-order chi connectivity index (χ1) is 8.36. The molecule has 1 aliphatic rings. The number of halogens is 3. The van der Waals surface area contributed by atoms with Gasteiger partial charge in [-0.2, -0.15) is 22.5 Å². The maximum Gasteiger partial charge on any atom is 0.452 e. The van der Waals surface area contributed by atoms with Crippen molar-refractivity contribution in [3.05, 3.63) is 5.82 Å². The molecule has 1 aromatic heterocycles. The van der Waals surface area contributed by atoms with E-state index < -0.39 is 12.0 Å². The molecule has 0 bridgehead atoms. The SMILES string of the molecule is CC1CCC(Nc2nc(C(F)(F)F)ns2)C(C)C1. The van der Waals surface area contributed by atoms with Gasteiger partial charge in [-0.25, -0.2) is 0 Å². The fraction of sp³-hybridized carbons (Fsp3) is 0.818. The van der Waals surface area contributed by atoms with Crippen LogP contribution in [0.25, 0.3) is 0 Å². The Morgan fingerprint density at radius 2 is 2.00 bits per heavy atom. The smallest absolute Gasteiger partial charge is 0.357 e. The number of hydrogen-bond acceptors (Lipinski definition) is 4. The van der Waals surface area contributed by atoms with Crippen LogP contribution in [0.2, 0.25) is 0 Å². The molecule has 7 heteroatoms. The molecule has 1 aromatic rings. The summed E-state index contributed by atoms with van der Waals surface area (Å²) in [5, 5.41) is 3.36. The van der Waals surface area contributed by atoms with Crippen LogP contribution in [0.15, 0.2) is 0 Å². The van der Waals surface area contributed by atoms with E-state index in [-0.39, 0.29) is 11.2 Å². The molecule has 3 unspecified atom stereocenters. The van der Waals surface area contributed by atoms with Crippen LogP contribution >= 0.6 is 11.5 Å². The lowest BCUT2D eigenvalue weighted by Crippen LogP contribution is -2.33. The van der Waals surface area contributed by atoms with E-state index in [1.54, 1.807) is 0 Å². The van der Waals surface area contributed by atoms with Crippen LogP contribution in [0, 0.1) is 11.8 Å². The van der Waals surface area contributed by atoms with E-state index in [4.69, 9.17) is 0 Å². The monoisotopic (exact) mass is 279 g/mol. The maximum absolute atomic E-state index is 12.4. The van der Waals surface area contributed by atoms with E-state index in [2.05, 4.69) is 28.5 Å². The Balaban J connectivity index is 1.99. The van der Waals surface area contributed by atoms with Gasteiger partial charge in [-0.05, 0) is 31.1 Å². The average Bonchev–Trinajstić information content (AvgIpc) is 2.70. The number of alkyl halides is 3. The zero-order valence-corrected chi connectivity index (χ0v) is 11.1. The van der Waals surface area contributed by atoms with Gasteiger partial charge in [-0.15, -0.1) is 0 Å². The number of aromatic nitrogens is 2. The van der Waals surface area contributed by atoms with Gasteiger partial charge in [0, 0.05) is 17.6 Å². The second kappa shape index (κ2) is 5.03. The van der Waals surface area contributed by atoms with Gasteiger partial charge >= 0.3 is 6.18 Å². The van der Waals surface area contributed by atoms with E-state index in [9.17, 15) is 13.2 Å². The molecule has 1 aliphatic carbocycles. The van der Waals surface area contributed by atoms with Crippen molar-refractivity contribution in [3.8, 4) is 0 Å². The topological polar surface area (TPSA) is 37.8 Å². The third-order valence-electron chi connectivity index (χ3n) is 3.42. The third-order valence-corrected chi connectivity index (χ3v) is 4.07. The molecule has 1 saturated carbocycles. The lowest BCUT2D eigenvalue weighted by Gasteiger charge is -2.32. The Labute approximate surface area is 108 Å². The summed E-state index contributed by atoms with van der Waals surface area (Å²) < 4.78 is 40.4. The Bertz CT molecular complexity index is 404. The molecule has 18 heavy (non-hydrogen) atoms. The van der Waals surface area contributed by atoms with E-state index in [0.29, 0.717) is 11.8 Å². The summed E-state index contributed by atoms with van der Waals surface area (Å²) >= 11 is 0.781. The minimum Gasteiger partial charge on any atom is -0.357 e. The van der Waals surface area contributed by atoms with Crippen molar-refractivity contribution in [1.82, 2.24) is 9.36 Å². The second-order valence-corrected chi connectivity index (χ2v) is 5.82. The van der Waals surface area contributed by atoms with E-state index in [1.807, 2.05) is 0 Å². The fourth-order valence-electron chi connectivity index (χ4n) is 2.44. The van der Waals surface area contributed by atoms with Gasteiger partial charge in [-0.1, -0.05) is 13.8 Å². The first kappa shape index (κ1) is 13.6. The lowest BCUT2D eigenvalue weighted by molar-refractivity contribution is -0.144. The van der Waals surface area contributed by atoms with E-state index in [1.165, 1.54) is 0 Å². The molecular formula is C11H16F3N3S. The highest BCUT2D eigenvalue weighted by atomic mass is 32.1. The zero-order valence-electron chi connectivity index (χ0n) is 10.3. The summed E-state index contributed by atoms with van der Waals surface area (Å²) in [5.74, 6) is 0.0945. The van der Waals surface area contributed by atoms with Crippen molar-refractivity contribution in [2.24, 2.45) is 11.8 Å². The Kier molecular flexibility index (Phi) is 3.79. The van der Waals surface area contributed by atoms with Gasteiger partial charge in [0.2, 0.25) is 11.0 Å². The Hall–Kier alpha value is -0.850. The van der Waals surface area contributed by atoms with Crippen molar-refractivity contribution >= 4 is 16.7 Å². The molecule has 3 atom stereocenters. The molecule has 0 saturated heterocycles. The number of hydrogen-bond donors (Lipinski definition) is 1. The van der Waals surface area contributed by atoms with Crippen molar-refractivity contribution < 1.29 is 13.2 Å². The molecule has 1 N–H and O–H groups in total. The van der Waals surface area contributed by atoms with E-state index in [0.717, 1.165) is 30.8 Å². The van der Waals surface area contributed by atoms with Gasteiger partial charge < -0.3 is 5.32 Å². The number of nitrogens with one attached hydrogen (secondary N) is 1. The highest BCUT2D eigenvalue weighted by Gasteiger charge is 2.36. The summed E-state index contributed by atoms with van der Waals surface area (Å²) in [6, 6.07) is 0.204. The van der Waals surface area contributed by atoms with Gasteiger partial charge in [0.1, 0.15) is 0 Å². The molecule has 3 nitrogen and oxygen atoms in total. The largest absolute Gasteiger partial charge is 0.452 e. The van der Waals surface area contributed by atoms with Crippen LogP contribution in [-0.4, -0.2) is 15.4 Å². The fourth-order valence-corrected chi connectivity index (χ4v) is 3.08. The normalized spacial score (nSPS) is 29.3. The summed E-state index contributed by atoms with van der Waals surface area (Å²) in [6.07, 6.45) is -1.28. The Morgan fingerprint density at radius 3 is 2.56 bits per heavy atom.